The number of tetrazole rings is 1. The second-order valence-electron chi connectivity index (χ2n) is 8.44. The number of fused-ring (bicyclic) bond motifs is 1. The van der Waals surface area contributed by atoms with Crippen molar-refractivity contribution in [3.8, 4) is 28.3 Å². The number of ether oxygens (including phenoxy) is 1. The molecule has 0 aliphatic carbocycles. The van der Waals surface area contributed by atoms with Crippen LogP contribution in [0, 0.1) is 0 Å². The fourth-order valence-corrected chi connectivity index (χ4v) is 4.24. The number of aromatic amines is 1. The third-order valence-corrected chi connectivity index (χ3v) is 5.87. The number of H-pyrrole nitrogens is 1. The highest BCUT2D eigenvalue weighted by atomic mass is 16.5. The van der Waals surface area contributed by atoms with Gasteiger partial charge in [-0.25, -0.2) is 5.10 Å². The smallest absolute Gasteiger partial charge is 0.300 e. The molecule has 0 radical (unpaired) electrons. The molecule has 2 N–H and O–H groups in total. The number of aromatic nitrogens is 5. The molecule has 2 aromatic heterocycles. The maximum atomic E-state index is 6.50. The van der Waals surface area contributed by atoms with Gasteiger partial charge < -0.3 is 14.5 Å². The van der Waals surface area contributed by atoms with Crippen LogP contribution in [-0.2, 0) is 0 Å². The van der Waals surface area contributed by atoms with E-state index < -0.39 is 0 Å². The van der Waals surface area contributed by atoms with Gasteiger partial charge in [0.15, 0.2) is 11.4 Å². The van der Waals surface area contributed by atoms with Crippen LogP contribution in [0.1, 0.15) is 39.5 Å². The van der Waals surface area contributed by atoms with E-state index in [1.807, 2.05) is 54.6 Å². The van der Waals surface area contributed by atoms with E-state index in [4.69, 9.17) is 9.15 Å². The third kappa shape index (κ3) is 5.01. The van der Waals surface area contributed by atoms with Gasteiger partial charge >= 0.3 is 0 Å². The SMILES string of the molecule is CCCC(CCC)Oc1ccc(-c2ccccc2-c2nnn[nH]2)cc1Nc1nc2ccccc2o1. The van der Waals surface area contributed by atoms with Crippen LogP contribution in [0.25, 0.3) is 33.6 Å². The number of hydrogen-bond acceptors (Lipinski definition) is 7. The van der Waals surface area contributed by atoms with Gasteiger partial charge in [0, 0.05) is 5.56 Å². The molecule has 3 aromatic carbocycles. The Morgan fingerprint density at radius 2 is 1.71 bits per heavy atom. The maximum absolute atomic E-state index is 6.50. The second kappa shape index (κ2) is 10.4. The lowest BCUT2D eigenvalue weighted by atomic mass is 9.98. The topological polar surface area (TPSA) is 102 Å². The molecule has 0 unspecified atom stereocenters. The van der Waals surface area contributed by atoms with Crippen molar-refractivity contribution in [2.24, 2.45) is 0 Å². The summed E-state index contributed by atoms with van der Waals surface area (Å²) >= 11 is 0. The standard InChI is InChI=1S/C27H28N6O2/c1-3-9-19(10-4-2)34-25-16-15-18(20-11-5-6-12-21(20)26-30-32-33-31-26)17-23(25)29-27-28-22-13-7-8-14-24(22)35-27/h5-8,11-17,19H,3-4,9-10H2,1-2H3,(H,28,29)(H,30,31,32,33). The molecule has 0 aliphatic heterocycles. The molecule has 0 saturated heterocycles. The highest BCUT2D eigenvalue weighted by Gasteiger charge is 2.17. The summed E-state index contributed by atoms with van der Waals surface area (Å²) in [5.41, 5.74) is 5.21. The van der Waals surface area contributed by atoms with Gasteiger partial charge in [-0.1, -0.05) is 69.2 Å². The van der Waals surface area contributed by atoms with Crippen LogP contribution < -0.4 is 10.1 Å². The molecule has 8 heteroatoms. The number of para-hydroxylation sites is 2. The van der Waals surface area contributed by atoms with Gasteiger partial charge in [-0.3, -0.25) is 0 Å². The van der Waals surface area contributed by atoms with Crippen molar-refractivity contribution in [3.05, 3.63) is 66.7 Å². The first kappa shape index (κ1) is 22.6. The molecular weight excluding hydrogens is 440 g/mol. The summed E-state index contributed by atoms with van der Waals surface area (Å²) < 4.78 is 12.4. The minimum absolute atomic E-state index is 0.146. The molecule has 0 amide bonds. The Bertz CT molecular complexity index is 1360. The van der Waals surface area contributed by atoms with E-state index in [1.54, 1.807) is 0 Å². The van der Waals surface area contributed by atoms with Crippen molar-refractivity contribution in [2.45, 2.75) is 45.6 Å². The number of oxazole rings is 1. The Morgan fingerprint density at radius 3 is 2.46 bits per heavy atom. The normalized spacial score (nSPS) is 11.3. The van der Waals surface area contributed by atoms with Crippen molar-refractivity contribution < 1.29 is 9.15 Å². The Hall–Kier alpha value is -4.20. The van der Waals surface area contributed by atoms with Crippen LogP contribution in [0.2, 0.25) is 0 Å². The van der Waals surface area contributed by atoms with Gasteiger partial charge in [0.2, 0.25) is 0 Å². The number of nitrogens with one attached hydrogen (secondary N) is 2. The maximum Gasteiger partial charge on any atom is 0.300 e. The zero-order valence-corrected chi connectivity index (χ0v) is 19.9. The first-order valence-corrected chi connectivity index (χ1v) is 12.0. The summed E-state index contributed by atoms with van der Waals surface area (Å²) in [6.45, 7) is 4.36. The molecule has 0 aliphatic rings. The van der Waals surface area contributed by atoms with Crippen molar-refractivity contribution in [1.82, 2.24) is 25.6 Å². The number of nitrogens with zero attached hydrogens (tertiary/aromatic N) is 4. The highest BCUT2D eigenvalue weighted by molar-refractivity contribution is 5.84. The minimum Gasteiger partial charge on any atom is -0.488 e. The van der Waals surface area contributed by atoms with Crippen LogP contribution in [-0.4, -0.2) is 31.7 Å². The Kier molecular flexibility index (Phi) is 6.70. The van der Waals surface area contributed by atoms with Gasteiger partial charge in [-0.15, -0.1) is 5.10 Å². The Labute approximate surface area is 203 Å². The zero-order chi connectivity index (χ0) is 24.0. The Morgan fingerprint density at radius 1 is 0.943 bits per heavy atom. The van der Waals surface area contributed by atoms with Crippen LogP contribution in [0.15, 0.2) is 71.1 Å². The summed E-state index contributed by atoms with van der Waals surface area (Å²) in [6.07, 6.45) is 4.27. The van der Waals surface area contributed by atoms with Gasteiger partial charge in [0.05, 0.1) is 11.8 Å². The van der Waals surface area contributed by atoms with Crippen molar-refractivity contribution in [3.63, 3.8) is 0 Å². The van der Waals surface area contributed by atoms with Crippen molar-refractivity contribution in [2.75, 3.05) is 5.32 Å². The van der Waals surface area contributed by atoms with Gasteiger partial charge in [0.1, 0.15) is 11.3 Å². The number of rotatable bonds is 10. The number of hydrogen-bond donors (Lipinski definition) is 2. The summed E-state index contributed by atoms with van der Waals surface area (Å²) in [4.78, 5) is 4.60. The van der Waals surface area contributed by atoms with E-state index in [-0.39, 0.29) is 6.10 Å². The van der Waals surface area contributed by atoms with E-state index in [9.17, 15) is 0 Å². The summed E-state index contributed by atoms with van der Waals surface area (Å²) in [5.74, 6) is 1.38. The molecule has 0 fully saturated rings. The number of anilines is 2. The van der Waals surface area contributed by atoms with Crippen molar-refractivity contribution in [1.29, 1.82) is 0 Å². The average molecular weight is 469 g/mol. The lowest BCUT2D eigenvalue weighted by molar-refractivity contribution is 0.180. The predicted molar refractivity (Wildman–Crippen MR) is 137 cm³/mol. The summed E-state index contributed by atoms with van der Waals surface area (Å²) in [5, 5.41) is 17.8. The molecule has 2 heterocycles. The first-order chi connectivity index (χ1) is 17.2. The molecular formula is C27H28N6O2. The fourth-order valence-electron chi connectivity index (χ4n) is 4.24. The molecule has 178 valence electrons. The largest absolute Gasteiger partial charge is 0.488 e. The third-order valence-electron chi connectivity index (χ3n) is 5.87. The highest BCUT2D eigenvalue weighted by Crippen LogP contribution is 2.37. The van der Waals surface area contributed by atoms with E-state index in [2.05, 4.69) is 56.9 Å². The fraction of sp³-hybridized carbons (Fsp3) is 0.259. The molecule has 0 spiro atoms. The van der Waals surface area contributed by atoms with Crippen molar-refractivity contribution >= 4 is 22.8 Å². The van der Waals surface area contributed by atoms with Crippen LogP contribution >= 0.6 is 0 Å². The molecule has 35 heavy (non-hydrogen) atoms. The quantitative estimate of drug-likeness (QED) is 0.233. The molecule has 5 rings (SSSR count). The van der Waals surface area contributed by atoms with E-state index in [0.717, 1.165) is 64.9 Å². The minimum atomic E-state index is 0.146. The first-order valence-electron chi connectivity index (χ1n) is 12.0. The molecule has 0 saturated carbocycles. The van der Waals surface area contributed by atoms with Crippen LogP contribution in [0.4, 0.5) is 11.7 Å². The monoisotopic (exact) mass is 468 g/mol. The molecule has 5 aromatic rings. The van der Waals surface area contributed by atoms with Gasteiger partial charge in [-0.2, -0.15) is 4.98 Å². The predicted octanol–water partition coefficient (Wildman–Crippen LogP) is 6.77. The van der Waals surface area contributed by atoms with E-state index >= 15 is 0 Å². The average Bonchev–Trinajstić information content (AvgIpc) is 3.55. The second-order valence-corrected chi connectivity index (χ2v) is 8.44. The molecule has 0 bridgehead atoms. The van der Waals surface area contributed by atoms with E-state index in [0.29, 0.717) is 11.8 Å². The summed E-state index contributed by atoms with van der Waals surface area (Å²) in [6, 6.07) is 22.3. The van der Waals surface area contributed by atoms with E-state index in [1.165, 1.54) is 0 Å². The van der Waals surface area contributed by atoms with Gasteiger partial charge in [-0.05, 0) is 58.7 Å². The van der Waals surface area contributed by atoms with Gasteiger partial charge in [0.25, 0.3) is 6.01 Å². The lowest BCUT2D eigenvalue weighted by Gasteiger charge is -2.21. The zero-order valence-electron chi connectivity index (χ0n) is 19.9. The molecule has 8 nitrogen and oxygen atoms in total. The lowest BCUT2D eigenvalue weighted by Crippen LogP contribution is -2.16. The summed E-state index contributed by atoms with van der Waals surface area (Å²) in [7, 11) is 0. The number of benzene rings is 3. The van der Waals surface area contributed by atoms with Crippen LogP contribution in [0.5, 0.6) is 5.75 Å². The molecule has 0 atom stereocenters. The van der Waals surface area contributed by atoms with Crippen LogP contribution in [0.3, 0.4) is 0 Å². The Balaban J connectivity index is 1.56.